The molecule has 0 aromatic heterocycles. The van der Waals surface area contributed by atoms with Crippen molar-refractivity contribution >= 4 is 5.78 Å². The van der Waals surface area contributed by atoms with Gasteiger partial charge in [-0.25, -0.2) is 0 Å². The molecule has 1 spiro atoms. The summed E-state index contributed by atoms with van der Waals surface area (Å²) in [6.45, 7) is 17.4. The molecule has 5 rings (SSSR count). The topological polar surface area (TPSA) is 124 Å². The summed E-state index contributed by atoms with van der Waals surface area (Å²) < 4.78 is 12.5. The smallest absolute Gasteiger partial charge is 0.173 e. The van der Waals surface area contributed by atoms with Gasteiger partial charge in [0.05, 0.1) is 50.4 Å². The molecule has 1 saturated heterocycles. The molecule has 5 fully saturated rings. The third kappa shape index (κ3) is 6.80. The van der Waals surface area contributed by atoms with Gasteiger partial charge in [0.1, 0.15) is 5.78 Å². The Labute approximate surface area is 247 Å². The number of ketones is 1. The first kappa shape index (κ1) is 33.5. The number of hydrogen-bond donors (Lipinski definition) is 2. The zero-order valence-corrected chi connectivity index (χ0v) is 25.8. The number of aliphatic hydroxyl groups is 2. The molecule has 228 valence electrons. The Morgan fingerprint density at radius 1 is 0.902 bits per heavy atom. The number of carbonyl (C=O) groups is 1. The lowest BCUT2D eigenvalue weighted by Gasteiger charge is -2.50. The van der Waals surface area contributed by atoms with E-state index in [2.05, 4.69) is 45.2 Å². The van der Waals surface area contributed by atoms with Crippen molar-refractivity contribution < 1.29 is 24.5 Å². The maximum absolute atomic E-state index is 11.7. The first-order valence-electron chi connectivity index (χ1n) is 15.4. The summed E-state index contributed by atoms with van der Waals surface area (Å²) in [7, 11) is 0. The van der Waals surface area contributed by atoms with E-state index in [1.165, 1.54) is 0 Å². The Hall–Kier alpha value is -2.03. The molecule has 5 aliphatic rings. The number of ether oxygens (including phenoxy) is 2. The molecule has 0 aromatic carbocycles. The fourth-order valence-electron chi connectivity index (χ4n) is 7.70. The van der Waals surface area contributed by atoms with Crippen LogP contribution in [0.25, 0.3) is 0 Å². The molecular weight excluding hydrogens is 516 g/mol. The van der Waals surface area contributed by atoms with Crippen molar-refractivity contribution in [3.63, 3.8) is 0 Å². The van der Waals surface area contributed by atoms with Gasteiger partial charge in [0.25, 0.3) is 0 Å². The fraction of sp³-hybridized carbons (Fsp3) is 0.794. The quantitative estimate of drug-likeness (QED) is 0.392. The molecule has 6 unspecified atom stereocenters. The van der Waals surface area contributed by atoms with Crippen LogP contribution in [0, 0.1) is 68.0 Å². The van der Waals surface area contributed by atoms with Gasteiger partial charge in [0.15, 0.2) is 5.79 Å². The largest absolute Gasteiger partial charge is 0.396 e. The van der Waals surface area contributed by atoms with E-state index < -0.39 is 5.79 Å². The van der Waals surface area contributed by atoms with Crippen LogP contribution in [0.15, 0.2) is 25.3 Å². The first-order chi connectivity index (χ1) is 19.3. The third-order valence-electron chi connectivity index (χ3n) is 10.4. The van der Waals surface area contributed by atoms with E-state index in [4.69, 9.17) is 24.9 Å². The number of fused-ring (bicyclic) bond motifs is 3. The van der Waals surface area contributed by atoms with Crippen LogP contribution in [0.2, 0.25) is 0 Å². The predicted octanol–water partition coefficient (Wildman–Crippen LogP) is 6.12. The lowest BCUT2D eigenvalue weighted by molar-refractivity contribution is -0.325. The maximum atomic E-state index is 11.7. The molecule has 41 heavy (non-hydrogen) atoms. The zero-order chi connectivity index (χ0) is 30.5. The zero-order valence-electron chi connectivity index (χ0n) is 25.8. The second-order valence-corrected chi connectivity index (χ2v) is 14.6. The van der Waals surface area contributed by atoms with Gasteiger partial charge in [-0.2, -0.15) is 10.5 Å². The van der Waals surface area contributed by atoms with E-state index in [9.17, 15) is 10.1 Å². The Morgan fingerprint density at radius 3 is 1.93 bits per heavy atom. The summed E-state index contributed by atoms with van der Waals surface area (Å²) in [5, 5.41) is 35.5. The Kier molecular flexibility index (Phi) is 10.7. The van der Waals surface area contributed by atoms with Gasteiger partial charge >= 0.3 is 0 Å². The van der Waals surface area contributed by atoms with E-state index in [1.807, 2.05) is 6.08 Å². The summed E-state index contributed by atoms with van der Waals surface area (Å²) in [5.41, 5.74) is -0.225. The second-order valence-electron chi connectivity index (χ2n) is 14.6. The van der Waals surface area contributed by atoms with Crippen molar-refractivity contribution in [2.24, 2.45) is 45.3 Å². The van der Waals surface area contributed by atoms with Gasteiger partial charge in [-0.15, -0.1) is 13.2 Å². The van der Waals surface area contributed by atoms with E-state index >= 15 is 0 Å². The number of nitrogens with zero attached hydrogens (tertiary/aromatic N) is 2. The summed E-state index contributed by atoms with van der Waals surface area (Å²) in [5.74, 6) is -0.163. The lowest BCUT2D eigenvalue weighted by Crippen LogP contribution is -2.54. The van der Waals surface area contributed by atoms with Crippen molar-refractivity contribution in [3.05, 3.63) is 25.3 Å². The van der Waals surface area contributed by atoms with Gasteiger partial charge in [0, 0.05) is 35.5 Å². The molecule has 0 aromatic rings. The molecule has 1 heterocycles. The average Bonchev–Trinajstić information content (AvgIpc) is 3.51. The normalized spacial score (nSPS) is 36.6. The van der Waals surface area contributed by atoms with Crippen LogP contribution in [0.5, 0.6) is 0 Å². The Bertz CT molecular complexity index is 1020. The average molecular weight is 569 g/mol. The highest BCUT2D eigenvalue weighted by molar-refractivity contribution is 5.85. The molecule has 7 nitrogen and oxygen atoms in total. The van der Waals surface area contributed by atoms with E-state index in [0.717, 1.165) is 71.0 Å². The summed E-state index contributed by atoms with van der Waals surface area (Å²) in [6, 6.07) is 4.82. The van der Waals surface area contributed by atoms with Crippen molar-refractivity contribution in [3.8, 4) is 12.1 Å². The molecule has 0 bridgehead atoms. The van der Waals surface area contributed by atoms with Crippen LogP contribution >= 0.6 is 0 Å². The van der Waals surface area contributed by atoms with E-state index in [-0.39, 0.29) is 64.3 Å². The van der Waals surface area contributed by atoms with Crippen molar-refractivity contribution in [2.75, 3.05) is 26.4 Å². The Morgan fingerprint density at radius 2 is 1.44 bits per heavy atom. The van der Waals surface area contributed by atoms with Gasteiger partial charge in [0.2, 0.25) is 0 Å². The van der Waals surface area contributed by atoms with E-state index in [0.29, 0.717) is 6.42 Å². The molecule has 4 aliphatic carbocycles. The molecule has 1 aliphatic heterocycles. The van der Waals surface area contributed by atoms with Crippen molar-refractivity contribution in [2.45, 2.75) is 97.7 Å². The Balaban J connectivity index is 0.000000191. The SMILES string of the molecule is C=CC12CCCC(C#N)C1C(=O)CC2.C=CC12CCCC(C#N)C1C1(CC2)OCC(C)(C)CO1.CC(C)(CO)CO. The number of carbonyl (C=O) groups excluding carboxylic acids is 1. The van der Waals surface area contributed by atoms with Crippen LogP contribution in [-0.4, -0.2) is 48.2 Å². The monoisotopic (exact) mass is 568 g/mol. The minimum absolute atomic E-state index is 0.0320. The second kappa shape index (κ2) is 13.1. The van der Waals surface area contributed by atoms with Gasteiger partial charge in [-0.3, -0.25) is 4.79 Å². The minimum atomic E-state index is -0.537. The van der Waals surface area contributed by atoms with Crippen LogP contribution in [0.1, 0.15) is 91.9 Å². The molecule has 0 radical (unpaired) electrons. The van der Waals surface area contributed by atoms with Crippen molar-refractivity contribution in [1.29, 1.82) is 10.5 Å². The third-order valence-corrected chi connectivity index (χ3v) is 10.4. The van der Waals surface area contributed by atoms with E-state index in [1.54, 1.807) is 13.8 Å². The summed E-state index contributed by atoms with van der Waals surface area (Å²) in [4.78, 5) is 11.7. The predicted molar refractivity (Wildman–Crippen MR) is 158 cm³/mol. The number of allylic oxidation sites excluding steroid dienone is 2. The molecular formula is C34H52N2O5. The molecule has 4 saturated carbocycles. The van der Waals surface area contributed by atoms with Crippen molar-refractivity contribution in [1.82, 2.24) is 0 Å². The maximum Gasteiger partial charge on any atom is 0.173 e. The van der Waals surface area contributed by atoms with Crippen LogP contribution < -0.4 is 0 Å². The highest BCUT2D eigenvalue weighted by atomic mass is 16.7. The van der Waals surface area contributed by atoms with Crippen LogP contribution in [0.3, 0.4) is 0 Å². The first-order valence-corrected chi connectivity index (χ1v) is 15.4. The summed E-state index contributed by atoms with van der Waals surface area (Å²) >= 11 is 0. The highest BCUT2D eigenvalue weighted by Gasteiger charge is 2.63. The highest BCUT2D eigenvalue weighted by Crippen LogP contribution is 2.62. The minimum Gasteiger partial charge on any atom is -0.396 e. The molecule has 6 atom stereocenters. The number of aliphatic hydroxyl groups excluding tert-OH is 2. The van der Waals surface area contributed by atoms with Crippen LogP contribution in [0.4, 0.5) is 0 Å². The van der Waals surface area contributed by atoms with Gasteiger partial charge < -0.3 is 19.7 Å². The number of rotatable bonds is 4. The lowest BCUT2D eigenvalue weighted by atomic mass is 9.62. The standard InChI is InChI=1S/C17H25NO2.C12H15NO.C5H12O2/c1-4-16-7-5-6-13(10-18)14(16)17(9-8-16)19-11-15(2,3)12-20-17;1-2-12-6-3-4-9(8-13)11(12)10(14)5-7-12;1-5(2,3-6)4-7/h4,13-14H,1,5-9,11-12H2,2-3H3;2,9,11H,1,3-7H2;6-7H,3-4H2,1-2H3. The number of nitriles is 2. The molecule has 7 heteroatoms. The van der Waals surface area contributed by atoms with Gasteiger partial charge in [-0.05, 0) is 49.4 Å². The van der Waals surface area contributed by atoms with Gasteiger partial charge in [-0.1, -0.05) is 52.7 Å². The fourth-order valence-corrected chi connectivity index (χ4v) is 7.70. The summed E-state index contributed by atoms with van der Waals surface area (Å²) in [6.07, 6.45) is 13.7. The molecule has 2 N–H and O–H groups in total. The van der Waals surface area contributed by atoms with Crippen LogP contribution in [-0.2, 0) is 14.3 Å². The number of Topliss-reactive ketones (excluding diaryl/α,β-unsaturated/α-hetero) is 1. The molecule has 0 amide bonds. The number of hydrogen-bond acceptors (Lipinski definition) is 7.